The van der Waals surface area contributed by atoms with Gasteiger partial charge in [0.15, 0.2) is 0 Å². The molecule has 156 valence electrons. The molecule has 0 unspecified atom stereocenters. The minimum absolute atomic E-state index is 0.0940. The van der Waals surface area contributed by atoms with Crippen molar-refractivity contribution in [2.75, 3.05) is 25.0 Å². The number of anilines is 1. The summed E-state index contributed by atoms with van der Waals surface area (Å²) in [6, 6.07) is 9.96. The Bertz CT molecular complexity index is 926. The number of hydrogen-bond donors (Lipinski definition) is 2. The van der Waals surface area contributed by atoms with E-state index in [1.165, 1.54) is 40.7 Å². The van der Waals surface area contributed by atoms with Gasteiger partial charge in [-0.1, -0.05) is 0 Å². The normalized spacial score (nSPS) is 15.8. The molecule has 9 heteroatoms. The second-order valence-electron chi connectivity index (χ2n) is 6.98. The molecule has 2 aromatic carbocycles. The van der Waals surface area contributed by atoms with Crippen molar-refractivity contribution in [1.82, 2.24) is 9.62 Å². The summed E-state index contributed by atoms with van der Waals surface area (Å²) < 4.78 is 52.5. The van der Waals surface area contributed by atoms with Crippen LogP contribution in [0.3, 0.4) is 0 Å². The zero-order chi connectivity index (χ0) is 20.9. The molecule has 1 aliphatic heterocycles. The molecule has 1 aliphatic rings. The average molecular weight is 423 g/mol. The van der Waals surface area contributed by atoms with Crippen LogP contribution < -0.4 is 10.6 Å². The molecule has 0 bridgehead atoms. The number of rotatable bonds is 6. The third-order valence-electron chi connectivity index (χ3n) is 4.97. The van der Waals surface area contributed by atoms with E-state index in [2.05, 4.69) is 10.6 Å². The largest absolute Gasteiger partial charge is 0.338 e. The van der Waals surface area contributed by atoms with Gasteiger partial charge in [0.25, 0.3) is 0 Å². The van der Waals surface area contributed by atoms with Crippen LogP contribution in [0.5, 0.6) is 0 Å². The molecule has 6 nitrogen and oxygen atoms in total. The van der Waals surface area contributed by atoms with Crippen LogP contribution in [0, 0.1) is 17.6 Å². The Morgan fingerprint density at radius 3 is 2.10 bits per heavy atom. The van der Waals surface area contributed by atoms with Crippen LogP contribution in [0.25, 0.3) is 0 Å². The summed E-state index contributed by atoms with van der Waals surface area (Å²) in [5, 5.41) is 5.38. The molecular formula is C20H23F2N3O3S. The topological polar surface area (TPSA) is 78.5 Å². The summed E-state index contributed by atoms with van der Waals surface area (Å²) in [5.74, 6) is -0.539. The Balaban J connectivity index is 1.41. The van der Waals surface area contributed by atoms with Gasteiger partial charge in [-0.3, -0.25) is 0 Å². The molecule has 29 heavy (non-hydrogen) atoms. The van der Waals surface area contributed by atoms with Crippen LogP contribution in [0.1, 0.15) is 19.3 Å². The zero-order valence-corrected chi connectivity index (χ0v) is 16.6. The van der Waals surface area contributed by atoms with Crippen LogP contribution in [0.15, 0.2) is 53.4 Å². The van der Waals surface area contributed by atoms with Gasteiger partial charge in [-0.15, -0.1) is 0 Å². The third-order valence-corrected chi connectivity index (χ3v) is 6.88. The van der Waals surface area contributed by atoms with Gasteiger partial charge < -0.3 is 10.6 Å². The van der Waals surface area contributed by atoms with Gasteiger partial charge in [0, 0.05) is 25.3 Å². The maximum atomic E-state index is 13.0. The van der Waals surface area contributed by atoms with E-state index < -0.39 is 15.8 Å². The number of benzene rings is 2. The van der Waals surface area contributed by atoms with Crippen LogP contribution in [0.2, 0.25) is 0 Å². The third kappa shape index (κ3) is 5.74. The fourth-order valence-electron chi connectivity index (χ4n) is 3.29. The second kappa shape index (κ2) is 9.32. The monoisotopic (exact) mass is 423 g/mol. The minimum atomic E-state index is -3.61. The highest BCUT2D eigenvalue weighted by molar-refractivity contribution is 7.89. The Labute approximate surface area is 169 Å². The first-order valence-electron chi connectivity index (χ1n) is 9.41. The van der Waals surface area contributed by atoms with Crippen LogP contribution >= 0.6 is 0 Å². The smallest absolute Gasteiger partial charge is 0.319 e. The molecule has 1 saturated heterocycles. The Hall–Kier alpha value is -2.52. The molecule has 2 amide bonds. The fraction of sp³-hybridized carbons (Fsp3) is 0.350. The highest BCUT2D eigenvalue weighted by Crippen LogP contribution is 2.25. The van der Waals surface area contributed by atoms with Gasteiger partial charge in [0.05, 0.1) is 4.90 Å². The number of piperidine rings is 1. The van der Waals surface area contributed by atoms with E-state index in [-0.39, 0.29) is 16.7 Å². The van der Waals surface area contributed by atoms with E-state index in [0.29, 0.717) is 44.1 Å². The maximum absolute atomic E-state index is 13.0. The second-order valence-corrected chi connectivity index (χ2v) is 8.92. The first-order valence-corrected chi connectivity index (χ1v) is 10.8. The molecule has 0 spiro atoms. The van der Waals surface area contributed by atoms with Crippen molar-refractivity contribution in [3.05, 3.63) is 60.2 Å². The summed E-state index contributed by atoms with van der Waals surface area (Å²) in [4.78, 5) is 12.0. The Morgan fingerprint density at radius 2 is 1.52 bits per heavy atom. The fourth-order valence-corrected chi connectivity index (χ4v) is 4.76. The van der Waals surface area contributed by atoms with E-state index in [1.54, 1.807) is 0 Å². The summed E-state index contributed by atoms with van der Waals surface area (Å²) in [7, 11) is -3.61. The van der Waals surface area contributed by atoms with Crippen molar-refractivity contribution in [3.8, 4) is 0 Å². The lowest BCUT2D eigenvalue weighted by atomic mass is 9.95. The highest BCUT2D eigenvalue weighted by atomic mass is 32.2. The van der Waals surface area contributed by atoms with Gasteiger partial charge in [-0.05, 0) is 73.7 Å². The van der Waals surface area contributed by atoms with E-state index >= 15 is 0 Å². The van der Waals surface area contributed by atoms with Crippen LogP contribution in [0.4, 0.5) is 19.3 Å². The van der Waals surface area contributed by atoms with Gasteiger partial charge in [0.2, 0.25) is 10.0 Å². The number of carbonyl (C=O) groups excluding carboxylic acids is 1. The zero-order valence-electron chi connectivity index (χ0n) is 15.8. The minimum Gasteiger partial charge on any atom is -0.338 e. The number of hydrogen-bond acceptors (Lipinski definition) is 3. The SMILES string of the molecule is O=C(NCCC1CCN(S(=O)(=O)c2ccc(F)cc2)CC1)Nc1ccc(F)cc1. The van der Waals surface area contributed by atoms with E-state index in [9.17, 15) is 22.0 Å². The van der Waals surface area contributed by atoms with E-state index in [1.807, 2.05) is 0 Å². The predicted molar refractivity (Wildman–Crippen MR) is 106 cm³/mol. The number of halogens is 2. The summed E-state index contributed by atoms with van der Waals surface area (Å²) >= 11 is 0. The number of urea groups is 1. The molecule has 2 N–H and O–H groups in total. The summed E-state index contributed by atoms with van der Waals surface area (Å²) in [6.45, 7) is 1.25. The first-order chi connectivity index (χ1) is 13.8. The van der Waals surface area contributed by atoms with Crippen molar-refractivity contribution in [2.45, 2.75) is 24.2 Å². The molecule has 0 aromatic heterocycles. The molecule has 3 rings (SSSR count). The van der Waals surface area contributed by atoms with Crippen molar-refractivity contribution in [3.63, 3.8) is 0 Å². The highest BCUT2D eigenvalue weighted by Gasteiger charge is 2.29. The first kappa shape index (κ1) is 21.2. The molecule has 0 saturated carbocycles. The average Bonchev–Trinajstić information content (AvgIpc) is 2.70. The molecule has 1 heterocycles. The summed E-state index contributed by atoms with van der Waals surface area (Å²) in [6.07, 6.45) is 2.13. The predicted octanol–water partition coefficient (Wildman–Crippen LogP) is 3.58. The Kier molecular flexibility index (Phi) is 6.81. The summed E-state index contributed by atoms with van der Waals surface area (Å²) in [5.41, 5.74) is 0.503. The number of carbonyl (C=O) groups is 1. The number of sulfonamides is 1. The standard InChI is InChI=1S/C20H23F2N3O3S/c21-16-1-5-18(6-2-16)24-20(26)23-12-9-15-10-13-25(14-11-15)29(27,28)19-7-3-17(22)4-8-19/h1-8,15H,9-14H2,(H2,23,24,26). The van der Waals surface area contributed by atoms with Crippen molar-refractivity contribution in [2.24, 2.45) is 5.92 Å². The van der Waals surface area contributed by atoms with Crippen molar-refractivity contribution < 1.29 is 22.0 Å². The molecule has 1 fully saturated rings. The lowest BCUT2D eigenvalue weighted by molar-refractivity contribution is 0.245. The van der Waals surface area contributed by atoms with Crippen LogP contribution in [-0.4, -0.2) is 38.4 Å². The van der Waals surface area contributed by atoms with Gasteiger partial charge in [-0.2, -0.15) is 4.31 Å². The van der Waals surface area contributed by atoms with Gasteiger partial charge >= 0.3 is 6.03 Å². The number of amides is 2. The maximum Gasteiger partial charge on any atom is 0.319 e. The molecule has 0 atom stereocenters. The quantitative estimate of drug-likeness (QED) is 0.746. The number of nitrogens with one attached hydrogen (secondary N) is 2. The van der Waals surface area contributed by atoms with Crippen molar-refractivity contribution >= 4 is 21.7 Å². The lowest BCUT2D eigenvalue weighted by Gasteiger charge is -2.31. The van der Waals surface area contributed by atoms with E-state index in [4.69, 9.17) is 0 Å². The van der Waals surface area contributed by atoms with Crippen molar-refractivity contribution in [1.29, 1.82) is 0 Å². The molecule has 2 aromatic rings. The molecule has 0 aliphatic carbocycles. The van der Waals surface area contributed by atoms with Gasteiger partial charge in [0.1, 0.15) is 11.6 Å². The van der Waals surface area contributed by atoms with Crippen LogP contribution in [-0.2, 0) is 10.0 Å². The number of nitrogens with zero attached hydrogens (tertiary/aromatic N) is 1. The lowest BCUT2D eigenvalue weighted by Crippen LogP contribution is -2.39. The van der Waals surface area contributed by atoms with Gasteiger partial charge in [-0.25, -0.2) is 22.0 Å². The van der Waals surface area contributed by atoms with E-state index in [0.717, 1.165) is 18.6 Å². The molecule has 0 radical (unpaired) electrons. The molecular weight excluding hydrogens is 400 g/mol. The Morgan fingerprint density at radius 1 is 0.966 bits per heavy atom.